The largest absolute Gasteiger partial charge is 0.310 e. The third-order valence-electron chi connectivity index (χ3n) is 2.57. The molecule has 2 heterocycles. The maximum absolute atomic E-state index is 6.20. The number of hydrogen-bond donors (Lipinski definition) is 1. The Labute approximate surface area is 120 Å². The Morgan fingerprint density at radius 1 is 1.50 bits per heavy atom. The van der Waals surface area contributed by atoms with E-state index >= 15 is 0 Å². The van der Waals surface area contributed by atoms with E-state index < -0.39 is 0 Å². The average molecular weight is 305 g/mol. The van der Waals surface area contributed by atoms with Crippen molar-refractivity contribution in [2.75, 3.05) is 6.54 Å². The molecule has 0 aliphatic heterocycles. The Morgan fingerprint density at radius 3 is 2.78 bits per heavy atom. The summed E-state index contributed by atoms with van der Waals surface area (Å²) in [7, 11) is 1.85. The Balaban J connectivity index is 2.20. The summed E-state index contributed by atoms with van der Waals surface area (Å²) in [6.07, 6.45) is 2.65. The number of nitrogens with one attached hydrogen (secondary N) is 1. The lowest BCUT2D eigenvalue weighted by molar-refractivity contribution is 0.545. The quantitative estimate of drug-likeness (QED) is 0.923. The maximum Gasteiger partial charge on any atom is 0.0992 e. The van der Waals surface area contributed by atoms with Crippen LogP contribution in [0.25, 0.3) is 0 Å². The monoisotopic (exact) mass is 304 g/mol. The number of halogens is 2. The summed E-state index contributed by atoms with van der Waals surface area (Å²) in [6.45, 7) is 2.92. The van der Waals surface area contributed by atoms with Gasteiger partial charge in [0.2, 0.25) is 0 Å². The molecule has 18 heavy (non-hydrogen) atoms. The molecular weight excluding hydrogens is 291 g/mol. The van der Waals surface area contributed by atoms with Gasteiger partial charge in [0, 0.05) is 31.3 Å². The van der Waals surface area contributed by atoms with Gasteiger partial charge in [0.15, 0.2) is 0 Å². The molecule has 4 nitrogen and oxygen atoms in total. The minimum atomic E-state index is 0.114. The first-order valence-corrected chi connectivity index (χ1v) is 7.20. The first kappa shape index (κ1) is 13.8. The molecule has 0 bridgehead atoms. The third-order valence-corrected chi connectivity index (χ3v) is 4.09. The van der Waals surface area contributed by atoms with Crippen molar-refractivity contribution >= 4 is 34.5 Å². The lowest BCUT2D eigenvalue weighted by atomic mass is 10.1. The van der Waals surface area contributed by atoms with Gasteiger partial charge in [-0.2, -0.15) is 0 Å². The van der Waals surface area contributed by atoms with Crippen LogP contribution in [-0.2, 0) is 13.5 Å². The second kappa shape index (κ2) is 6.02. The van der Waals surface area contributed by atoms with Crippen LogP contribution in [0.4, 0.5) is 0 Å². The van der Waals surface area contributed by atoms with Crippen LogP contribution < -0.4 is 5.32 Å². The van der Waals surface area contributed by atoms with Gasteiger partial charge >= 0.3 is 0 Å². The number of hydrogen-bond acceptors (Lipinski definition) is 4. The molecule has 0 aromatic carbocycles. The molecule has 0 radical (unpaired) electrons. The lowest BCUT2D eigenvalue weighted by Gasteiger charge is -2.15. The molecule has 0 amide bonds. The zero-order valence-electron chi connectivity index (χ0n) is 10.2. The molecule has 2 rings (SSSR count). The van der Waals surface area contributed by atoms with E-state index in [0.29, 0.717) is 4.34 Å². The van der Waals surface area contributed by atoms with Crippen LogP contribution in [0.15, 0.2) is 12.3 Å². The zero-order valence-corrected chi connectivity index (χ0v) is 12.5. The third kappa shape index (κ3) is 3.23. The van der Waals surface area contributed by atoms with Gasteiger partial charge in [-0.3, -0.25) is 4.68 Å². The standard InChI is InChI=1S/C11H14Cl2N4S/c1-3-14-9(4-7-6-17(2)16-15-7)8-5-10(12)18-11(8)13/h5-6,9,14H,3-4H2,1-2H3. The summed E-state index contributed by atoms with van der Waals surface area (Å²) in [5, 5.41) is 11.4. The molecule has 0 saturated heterocycles. The number of aryl methyl sites for hydroxylation is 1. The van der Waals surface area contributed by atoms with E-state index in [1.807, 2.05) is 19.3 Å². The predicted octanol–water partition coefficient (Wildman–Crippen LogP) is 3.08. The van der Waals surface area contributed by atoms with Crippen LogP contribution in [0.1, 0.15) is 24.2 Å². The van der Waals surface area contributed by atoms with Gasteiger partial charge in [-0.15, -0.1) is 16.4 Å². The van der Waals surface area contributed by atoms with Crippen molar-refractivity contribution in [3.63, 3.8) is 0 Å². The molecule has 0 fully saturated rings. The molecule has 0 aliphatic carbocycles. The Bertz CT molecular complexity index is 523. The normalized spacial score (nSPS) is 12.9. The first-order chi connectivity index (χ1) is 8.60. The van der Waals surface area contributed by atoms with Gasteiger partial charge in [-0.05, 0) is 12.6 Å². The van der Waals surface area contributed by atoms with Crippen molar-refractivity contribution in [3.8, 4) is 0 Å². The maximum atomic E-state index is 6.20. The summed E-state index contributed by atoms with van der Waals surface area (Å²) in [4.78, 5) is 0. The SMILES string of the molecule is CCNC(Cc1cn(C)nn1)c1cc(Cl)sc1Cl. The second-order valence-electron chi connectivity index (χ2n) is 3.98. The van der Waals surface area contributed by atoms with E-state index in [2.05, 4.69) is 22.6 Å². The van der Waals surface area contributed by atoms with Crippen molar-refractivity contribution in [3.05, 3.63) is 32.2 Å². The molecule has 7 heteroatoms. The molecule has 1 atom stereocenters. The van der Waals surface area contributed by atoms with Crippen molar-refractivity contribution in [1.82, 2.24) is 20.3 Å². The minimum absolute atomic E-state index is 0.114. The van der Waals surface area contributed by atoms with E-state index in [-0.39, 0.29) is 6.04 Å². The van der Waals surface area contributed by atoms with Crippen LogP contribution in [0.5, 0.6) is 0 Å². The van der Waals surface area contributed by atoms with Crippen molar-refractivity contribution < 1.29 is 0 Å². The van der Waals surface area contributed by atoms with Crippen LogP contribution in [0.3, 0.4) is 0 Å². The number of thiophene rings is 1. The van der Waals surface area contributed by atoms with Gasteiger partial charge in [-0.25, -0.2) is 0 Å². The van der Waals surface area contributed by atoms with Crippen LogP contribution >= 0.6 is 34.5 Å². The van der Waals surface area contributed by atoms with Crippen molar-refractivity contribution in [1.29, 1.82) is 0 Å². The van der Waals surface area contributed by atoms with E-state index in [4.69, 9.17) is 23.2 Å². The molecule has 98 valence electrons. The number of aromatic nitrogens is 3. The van der Waals surface area contributed by atoms with Gasteiger partial charge in [0.1, 0.15) is 0 Å². The zero-order chi connectivity index (χ0) is 13.1. The molecule has 0 aliphatic rings. The average Bonchev–Trinajstić information content (AvgIpc) is 2.84. The van der Waals surface area contributed by atoms with Crippen LogP contribution in [0, 0.1) is 0 Å². The molecule has 1 N–H and O–H groups in total. The summed E-state index contributed by atoms with van der Waals surface area (Å²) in [5.74, 6) is 0. The van der Waals surface area contributed by atoms with E-state index in [9.17, 15) is 0 Å². The second-order valence-corrected chi connectivity index (χ2v) is 6.26. The summed E-state index contributed by atoms with van der Waals surface area (Å²) in [6, 6.07) is 2.03. The van der Waals surface area contributed by atoms with E-state index in [1.54, 1.807) is 4.68 Å². The highest BCUT2D eigenvalue weighted by Gasteiger charge is 2.18. The predicted molar refractivity (Wildman–Crippen MR) is 75.5 cm³/mol. The van der Waals surface area contributed by atoms with Crippen LogP contribution in [0.2, 0.25) is 8.67 Å². The number of likely N-dealkylation sites (N-methyl/N-ethyl adjacent to an activating group) is 1. The van der Waals surface area contributed by atoms with Crippen LogP contribution in [-0.4, -0.2) is 21.5 Å². The topological polar surface area (TPSA) is 42.7 Å². The summed E-state index contributed by atoms with van der Waals surface area (Å²) < 4.78 is 3.13. The number of rotatable bonds is 5. The van der Waals surface area contributed by atoms with Gasteiger partial charge in [0.25, 0.3) is 0 Å². The Kier molecular flexibility index (Phi) is 4.61. The lowest BCUT2D eigenvalue weighted by Crippen LogP contribution is -2.22. The van der Waals surface area contributed by atoms with Gasteiger partial charge in [-0.1, -0.05) is 35.3 Å². The van der Waals surface area contributed by atoms with E-state index in [1.165, 1.54) is 11.3 Å². The molecule has 0 saturated carbocycles. The molecular formula is C11H14Cl2N4S. The van der Waals surface area contributed by atoms with Gasteiger partial charge in [0.05, 0.1) is 14.4 Å². The highest BCUT2D eigenvalue weighted by Crippen LogP contribution is 2.35. The van der Waals surface area contributed by atoms with Gasteiger partial charge < -0.3 is 5.32 Å². The highest BCUT2D eigenvalue weighted by atomic mass is 35.5. The fraction of sp³-hybridized carbons (Fsp3) is 0.455. The fourth-order valence-corrected chi connectivity index (χ4v) is 3.41. The smallest absolute Gasteiger partial charge is 0.0992 e. The summed E-state index contributed by atoms with van der Waals surface area (Å²) >= 11 is 13.6. The highest BCUT2D eigenvalue weighted by molar-refractivity contribution is 7.20. The Morgan fingerprint density at radius 2 is 2.28 bits per heavy atom. The summed E-state index contributed by atoms with van der Waals surface area (Å²) in [5.41, 5.74) is 1.96. The first-order valence-electron chi connectivity index (χ1n) is 5.63. The van der Waals surface area contributed by atoms with Crippen molar-refractivity contribution in [2.45, 2.75) is 19.4 Å². The molecule has 1 unspecified atom stereocenters. The van der Waals surface area contributed by atoms with E-state index in [0.717, 1.165) is 28.6 Å². The Hall–Kier alpha value is -0.620. The molecule has 2 aromatic heterocycles. The minimum Gasteiger partial charge on any atom is -0.310 e. The molecule has 0 spiro atoms. The fourth-order valence-electron chi connectivity index (χ4n) is 1.83. The van der Waals surface area contributed by atoms with Crippen molar-refractivity contribution in [2.24, 2.45) is 7.05 Å². The number of nitrogens with zero attached hydrogens (tertiary/aromatic N) is 3. The molecule has 2 aromatic rings.